The van der Waals surface area contributed by atoms with Gasteiger partial charge in [0.1, 0.15) is 0 Å². The van der Waals surface area contributed by atoms with Crippen LogP contribution in [0.4, 0.5) is 0 Å². The number of carbonyl (C=O) groups excluding carboxylic acids is 1. The summed E-state index contributed by atoms with van der Waals surface area (Å²) in [6.45, 7) is 0. The zero-order valence-corrected chi connectivity index (χ0v) is 12.1. The molecule has 2 N–H and O–H groups in total. The number of rotatable bonds is 2. The van der Waals surface area contributed by atoms with Gasteiger partial charge in [0, 0.05) is 11.6 Å². The van der Waals surface area contributed by atoms with E-state index >= 15 is 0 Å². The van der Waals surface area contributed by atoms with Crippen LogP contribution >= 0.6 is 0 Å². The Morgan fingerprint density at radius 3 is 2.62 bits per heavy atom. The van der Waals surface area contributed by atoms with E-state index in [1.807, 2.05) is 30.5 Å². The topological polar surface area (TPSA) is 56.0 Å². The average molecular weight is 280 g/mol. The molecular formula is C18H20N2O. The number of nitrogens with two attached hydrogens (primary N) is 1. The van der Waals surface area contributed by atoms with Gasteiger partial charge in [-0.2, -0.15) is 0 Å². The molecule has 1 aromatic carbocycles. The summed E-state index contributed by atoms with van der Waals surface area (Å²) in [7, 11) is 0. The lowest BCUT2D eigenvalue weighted by molar-refractivity contribution is -0.121. The number of benzene rings is 1. The van der Waals surface area contributed by atoms with Crippen molar-refractivity contribution in [1.82, 2.24) is 4.98 Å². The number of pyridine rings is 1. The molecule has 0 saturated heterocycles. The molecule has 1 atom stereocenters. The summed E-state index contributed by atoms with van der Waals surface area (Å²) in [4.78, 5) is 16.8. The van der Waals surface area contributed by atoms with E-state index in [4.69, 9.17) is 5.73 Å². The fraction of sp³-hybridized carbons (Fsp3) is 0.444. The third-order valence-electron chi connectivity index (χ3n) is 5.72. The number of amides is 1. The largest absolute Gasteiger partial charge is 0.369 e. The number of hydrogen-bond acceptors (Lipinski definition) is 2. The number of para-hydroxylation sites is 1. The summed E-state index contributed by atoms with van der Waals surface area (Å²) in [5.74, 6) is -0.152. The molecule has 0 bridgehead atoms. The standard InChI is InChI=1S/C18H20N2O/c19-16(21)18(12-17(18)9-4-1-5-10-17)14-8-11-20-15-7-3-2-6-13(14)15/h2-3,6-8,11H,1,4-5,9-10,12H2,(H2,19,21). The van der Waals surface area contributed by atoms with Crippen LogP contribution in [0.25, 0.3) is 10.9 Å². The van der Waals surface area contributed by atoms with Gasteiger partial charge in [0.2, 0.25) is 5.91 Å². The predicted octanol–water partition coefficient (Wildman–Crippen LogP) is 3.31. The van der Waals surface area contributed by atoms with Crippen molar-refractivity contribution in [2.45, 2.75) is 43.9 Å². The lowest BCUT2D eigenvalue weighted by atomic mass is 9.75. The molecule has 2 fully saturated rings. The van der Waals surface area contributed by atoms with Gasteiger partial charge < -0.3 is 5.73 Å². The molecule has 0 aliphatic heterocycles. The van der Waals surface area contributed by atoms with Crippen molar-refractivity contribution in [3.63, 3.8) is 0 Å². The Morgan fingerprint density at radius 1 is 1.10 bits per heavy atom. The second-order valence-corrected chi connectivity index (χ2v) is 6.66. The minimum Gasteiger partial charge on any atom is -0.369 e. The quantitative estimate of drug-likeness (QED) is 0.917. The number of aromatic nitrogens is 1. The fourth-order valence-electron chi connectivity index (χ4n) is 4.63. The second-order valence-electron chi connectivity index (χ2n) is 6.66. The van der Waals surface area contributed by atoms with Crippen LogP contribution in [0.2, 0.25) is 0 Å². The summed E-state index contributed by atoms with van der Waals surface area (Å²) in [5, 5.41) is 1.08. The molecule has 1 amide bonds. The van der Waals surface area contributed by atoms with Gasteiger partial charge >= 0.3 is 0 Å². The Bertz CT molecular complexity index is 713. The highest BCUT2D eigenvalue weighted by Crippen LogP contribution is 2.71. The van der Waals surface area contributed by atoms with Crippen molar-refractivity contribution in [2.75, 3.05) is 0 Å². The Balaban J connectivity index is 1.91. The van der Waals surface area contributed by atoms with Crippen LogP contribution in [0.3, 0.4) is 0 Å². The summed E-state index contributed by atoms with van der Waals surface area (Å²) < 4.78 is 0. The Labute approximate surface area is 124 Å². The van der Waals surface area contributed by atoms with Gasteiger partial charge in [0.15, 0.2) is 0 Å². The summed E-state index contributed by atoms with van der Waals surface area (Å²) in [6, 6.07) is 10.1. The van der Waals surface area contributed by atoms with E-state index in [0.717, 1.165) is 35.7 Å². The van der Waals surface area contributed by atoms with E-state index in [0.29, 0.717) is 0 Å². The fourth-order valence-corrected chi connectivity index (χ4v) is 4.63. The third kappa shape index (κ3) is 1.60. The molecule has 2 aromatic rings. The van der Waals surface area contributed by atoms with E-state index < -0.39 is 5.41 Å². The van der Waals surface area contributed by atoms with E-state index in [-0.39, 0.29) is 11.3 Å². The molecule has 1 unspecified atom stereocenters. The van der Waals surface area contributed by atoms with Crippen LogP contribution < -0.4 is 5.73 Å². The summed E-state index contributed by atoms with van der Waals surface area (Å²) in [5.41, 5.74) is 7.60. The SMILES string of the molecule is NC(=O)C1(c2ccnc3ccccc23)CC12CCCCC2. The maximum atomic E-state index is 12.4. The van der Waals surface area contributed by atoms with Crippen molar-refractivity contribution in [1.29, 1.82) is 0 Å². The average Bonchev–Trinajstić information content (AvgIpc) is 3.16. The normalized spacial score (nSPS) is 26.9. The minimum atomic E-state index is -0.462. The molecule has 3 heteroatoms. The monoisotopic (exact) mass is 280 g/mol. The lowest BCUT2D eigenvalue weighted by Crippen LogP contribution is -2.35. The molecule has 3 nitrogen and oxygen atoms in total. The van der Waals surface area contributed by atoms with Crippen LogP contribution in [-0.2, 0) is 10.2 Å². The van der Waals surface area contributed by atoms with Crippen LogP contribution in [0, 0.1) is 5.41 Å². The highest BCUT2D eigenvalue weighted by Gasteiger charge is 2.71. The summed E-state index contributed by atoms with van der Waals surface area (Å²) in [6.07, 6.45) is 8.73. The lowest BCUT2D eigenvalue weighted by Gasteiger charge is -2.28. The van der Waals surface area contributed by atoms with Crippen molar-refractivity contribution < 1.29 is 4.79 Å². The van der Waals surface area contributed by atoms with Crippen molar-refractivity contribution in [2.24, 2.45) is 11.1 Å². The molecule has 1 aromatic heterocycles. The van der Waals surface area contributed by atoms with Crippen LogP contribution in [0.1, 0.15) is 44.1 Å². The minimum absolute atomic E-state index is 0.112. The Morgan fingerprint density at radius 2 is 1.86 bits per heavy atom. The molecule has 2 aliphatic carbocycles. The molecule has 0 radical (unpaired) electrons. The molecule has 21 heavy (non-hydrogen) atoms. The van der Waals surface area contributed by atoms with Gasteiger partial charge in [-0.3, -0.25) is 9.78 Å². The highest BCUT2D eigenvalue weighted by atomic mass is 16.1. The first kappa shape index (κ1) is 12.8. The maximum Gasteiger partial charge on any atom is 0.228 e. The predicted molar refractivity (Wildman–Crippen MR) is 82.8 cm³/mol. The van der Waals surface area contributed by atoms with Gasteiger partial charge in [0.25, 0.3) is 0 Å². The van der Waals surface area contributed by atoms with Gasteiger partial charge in [-0.15, -0.1) is 0 Å². The highest BCUT2D eigenvalue weighted by molar-refractivity contribution is 5.97. The number of carbonyl (C=O) groups is 1. The summed E-state index contributed by atoms with van der Waals surface area (Å²) >= 11 is 0. The van der Waals surface area contributed by atoms with Crippen LogP contribution in [0.5, 0.6) is 0 Å². The molecule has 1 spiro atoms. The zero-order chi connectivity index (χ0) is 14.5. The molecular weight excluding hydrogens is 260 g/mol. The van der Waals surface area contributed by atoms with E-state index in [2.05, 4.69) is 11.1 Å². The third-order valence-corrected chi connectivity index (χ3v) is 5.72. The maximum absolute atomic E-state index is 12.4. The Kier molecular flexibility index (Phi) is 2.62. The van der Waals surface area contributed by atoms with Crippen LogP contribution in [0.15, 0.2) is 36.5 Å². The van der Waals surface area contributed by atoms with Gasteiger partial charge in [-0.25, -0.2) is 0 Å². The Hall–Kier alpha value is -1.90. The van der Waals surface area contributed by atoms with Crippen molar-refractivity contribution >= 4 is 16.8 Å². The van der Waals surface area contributed by atoms with Crippen LogP contribution in [-0.4, -0.2) is 10.9 Å². The first-order valence-electron chi connectivity index (χ1n) is 7.84. The number of nitrogens with zero attached hydrogens (tertiary/aromatic N) is 1. The smallest absolute Gasteiger partial charge is 0.228 e. The molecule has 4 rings (SSSR count). The second kappa shape index (κ2) is 4.30. The van der Waals surface area contributed by atoms with Gasteiger partial charge in [-0.05, 0) is 42.4 Å². The molecule has 2 saturated carbocycles. The van der Waals surface area contributed by atoms with Crippen molar-refractivity contribution in [3.8, 4) is 0 Å². The van der Waals surface area contributed by atoms with Gasteiger partial charge in [0.05, 0.1) is 10.9 Å². The zero-order valence-electron chi connectivity index (χ0n) is 12.1. The number of primary amides is 1. The first-order chi connectivity index (χ1) is 10.2. The number of fused-ring (bicyclic) bond motifs is 1. The first-order valence-corrected chi connectivity index (χ1v) is 7.84. The van der Waals surface area contributed by atoms with E-state index in [9.17, 15) is 4.79 Å². The van der Waals surface area contributed by atoms with Crippen molar-refractivity contribution in [3.05, 3.63) is 42.1 Å². The van der Waals surface area contributed by atoms with E-state index in [1.54, 1.807) is 0 Å². The molecule has 108 valence electrons. The molecule has 1 heterocycles. The van der Waals surface area contributed by atoms with E-state index in [1.165, 1.54) is 19.3 Å². The molecule has 2 aliphatic rings. The van der Waals surface area contributed by atoms with Gasteiger partial charge in [-0.1, -0.05) is 37.5 Å². The number of hydrogen-bond donors (Lipinski definition) is 1.